The molecule has 0 saturated heterocycles. The van der Waals surface area contributed by atoms with E-state index >= 15 is 0 Å². The van der Waals surface area contributed by atoms with Crippen molar-refractivity contribution >= 4 is 5.91 Å². The van der Waals surface area contributed by atoms with Crippen molar-refractivity contribution in [2.45, 2.75) is 33.1 Å². The van der Waals surface area contributed by atoms with Crippen LogP contribution in [-0.2, 0) is 0 Å². The minimum Gasteiger partial charge on any atom is -0.491 e. The van der Waals surface area contributed by atoms with E-state index in [1.54, 1.807) is 36.5 Å². The van der Waals surface area contributed by atoms with Crippen LogP contribution in [0.3, 0.4) is 0 Å². The summed E-state index contributed by atoms with van der Waals surface area (Å²) in [6.07, 6.45) is -4.45. The van der Waals surface area contributed by atoms with Crippen LogP contribution in [0.1, 0.15) is 30.0 Å². The van der Waals surface area contributed by atoms with Gasteiger partial charge in [0.15, 0.2) is 5.69 Å². The van der Waals surface area contributed by atoms with E-state index in [0.717, 1.165) is 0 Å². The van der Waals surface area contributed by atoms with E-state index in [9.17, 15) is 18.0 Å². The molecule has 1 amide bonds. The predicted molar refractivity (Wildman–Crippen MR) is 80.2 cm³/mol. The highest BCUT2D eigenvalue weighted by Gasteiger charge is 2.29. The summed E-state index contributed by atoms with van der Waals surface area (Å²) in [5.74, 6) is -0.245. The number of ether oxygens (including phenoxy) is 1. The van der Waals surface area contributed by atoms with Gasteiger partial charge in [0.25, 0.3) is 5.91 Å². The SMILES string of the molecule is Cc1c(C(=O)NCC(F)(F)F)nnn1-c1ccc(OC(C)C)cc1. The maximum absolute atomic E-state index is 12.2. The molecule has 2 aromatic rings. The molecule has 0 aliphatic heterocycles. The van der Waals surface area contributed by atoms with Gasteiger partial charge < -0.3 is 10.1 Å². The van der Waals surface area contributed by atoms with Crippen molar-refractivity contribution < 1.29 is 22.7 Å². The molecule has 9 heteroatoms. The second-order valence-corrected chi connectivity index (χ2v) is 5.39. The van der Waals surface area contributed by atoms with Crippen LogP contribution in [-0.4, -0.2) is 39.7 Å². The zero-order valence-corrected chi connectivity index (χ0v) is 13.4. The number of benzene rings is 1. The van der Waals surface area contributed by atoms with Crippen molar-refractivity contribution in [3.63, 3.8) is 0 Å². The lowest BCUT2D eigenvalue weighted by molar-refractivity contribution is -0.123. The summed E-state index contributed by atoms with van der Waals surface area (Å²) in [6, 6.07) is 6.91. The van der Waals surface area contributed by atoms with Gasteiger partial charge in [-0.25, -0.2) is 4.68 Å². The molecule has 0 spiro atoms. The molecule has 0 aliphatic rings. The lowest BCUT2D eigenvalue weighted by Gasteiger charge is -2.10. The van der Waals surface area contributed by atoms with E-state index in [2.05, 4.69) is 10.3 Å². The molecule has 2 rings (SSSR count). The molecule has 0 aliphatic carbocycles. The largest absolute Gasteiger partial charge is 0.491 e. The average molecular weight is 342 g/mol. The van der Waals surface area contributed by atoms with E-state index in [4.69, 9.17) is 4.74 Å². The van der Waals surface area contributed by atoms with Crippen LogP contribution in [0.4, 0.5) is 13.2 Å². The molecule has 1 aromatic carbocycles. The minimum atomic E-state index is -4.48. The number of halogens is 3. The molecule has 0 unspecified atom stereocenters. The molecular weight excluding hydrogens is 325 g/mol. The zero-order valence-electron chi connectivity index (χ0n) is 13.4. The average Bonchev–Trinajstić information content (AvgIpc) is 2.86. The second-order valence-electron chi connectivity index (χ2n) is 5.39. The molecule has 0 bridgehead atoms. The van der Waals surface area contributed by atoms with E-state index in [-0.39, 0.29) is 11.8 Å². The maximum atomic E-state index is 12.2. The molecule has 1 aromatic heterocycles. The Kier molecular flexibility index (Phi) is 5.10. The molecular formula is C15H17F3N4O2. The van der Waals surface area contributed by atoms with Crippen molar-refractivity contribution in [1.82, 2.24) is 20.3 Å². The van der Waals surface area contributed by atoms with Crippen LogP contribution in [0.5, 0.6) is 5.75 Å². The molecule has 6 nitrogen and oxygen atoms in total. The summed E-state index contributed by atoms with van der Waals surface area (Å²) >= 11 is 0. The summed E-state index contributed by atoms with van der Waals surface area (Å²) in [7, 11) is 0. The standard InChI is InChI=1S/C15H17F3N4O2/c1-9(2)24-12-6-4-11(5-7-12)22-10(3)13(20-21-22)14(23)19-8-15(16,17)18/h4-7,9H,8H2,1-3H3,(H,19,23). The van der Waals surface area contributed by atoms with Gasteiger partial charge in [-0.2, -0.15) is 13.2 Å². The first-order valence-electron chi connectivity index (χ1n) is 7.21. The monoisotopic (exact) mass is 342 g/mol. The van der Waals surface area contributed by atoms with Gasteiger partial charge in [-0.05, 0) is 45.0 Å². The maximum Gasteiger partial charge on any atom is 0.405 e. The molecule has 1 N–H and O–H groups in total. The third-order valence-corrected chi connectivity index (χ3v) is 3.01. The second kappa shape index (κ2) is 6.90. The van der Waals surface area contributed by atoms with E-state index in [0.29, 0.717) is 17.1 Å². The lowest BCUT2D eigenvalue weighted by Crippen LogP contribution is -2.34. The highest BCUT2D eigenvalue weighted by Crippen LogP contribution is 2.18. The topological polar surface area (TPSA) is 69.0 Å². The lowest BCUT2D eigenvalue weighted by atomic mass is 10.2. The van der Waals surface area contributed by atoms with Gasteiger partial charge in [-0.15, -0.1) is 5.10 Å². The Bertz CT molecular complexity index is 708. The minimum absolute atomic E-state index is 0.0351. The number of rotatable bonds is 5. The normalized spacial score (nSPS) is 11.6. The van der Waals surface area contributed by atoms with E-state index in [1.807, 2.05) is 13.8 Å². The van der Waals surface area contributed by atoms with Gasteiger partial charge in [0.1, 0.15) is 12.3 Å². The Balaban J connectivity index is 2.16. The van der Waals surface area contributed by atoms with Crippen LogP contribution < -0.4 is 10.1 Å². The first-order valence-corrected chi connectivity index (χ1v) is 7.21. The highest BCUT2D eigenvalue weighted by atomic mass is 19.4. The summed E-state index contributed by atoms with van der Waals surface area (Å²) in [5, 5.41) is 9.27. The molecule has 0 atom stereocenters. The van der Waals surface area contributed by atoms with Gasteiger partial charge >= 0.3 is 6.18 Å². The van der Waals surface area contributed by atoms with E-state index < -0.39 is 18.6 Å². The number of nitrogens with one attached hydrogen (secondary N) is 1. The van der Waals surface area contributed by atoms with Gasteiger partial charge in [0.05, 0.1) is 17.5 Å². The first kappa shape index (κ1) is 17.8. The number of carbonyl (C=O) groups is 1. The fourth-order valence-corrected chi connectivity index (χ4v) is 1.99. The summed E-state index contributed by atoms with van der Waals surface area (Å²) in [5.41, 5.74) is 0.805. The smallest absolute Gasteiger partial charge is 0.405 e. The number of amides is 1. The molecule has 0 saturated carbocycles. The zero-order chi connectivity index (χ0) is 17.9. The fourth-order valence-electron chi connectivity index (χ4n) is 1.99. The van der Waals surface area contributed by atoms with Crippen molar-refractivity contribution in [3.05, 3.63) is 35.7 Å². The summed E-state index contributed by atoms with van der Waals surface area (Å²) in [4.78, 5) is 11.8. The summed E-state index contributed by atoms with van der Waals surface area (Å²) < 4.78 is 43.4. The molecule has 0 fully saturated rings. The molecule has 130 valence electrons. The third-order valence-electron chi connectivity index (χ3n) is 3.01. The Labute approximate surface area is 136 Å². The first-order chi connectivity index (χ1) is 11.2. The Morgan fingerprint density at radius 1 is 1.29 bits per heavy atom. The van der Waals surface area contributed by atoms with Crippen LogP contribution in [0, 0.1) is 6.92 Å². The van der Waals surface area contributed by atoms with Gasteiger partial charge in [-0.1, -0.05) is 5.21 Å². The number of nitrogens with zero attached hydrogens (tertiary/aromatic N) is 3. The van der Waals surface area contributed by atoms with Crippen LogP contribution >= 0.6 is 0 Å². The van der Waals surface area contributed by atoms with Crippen molar-refractivity contribution in [3.8, 4) is 11.4 Å². The van der Waals surface area contributed by atoms with Crippen molar-refractivity contribution in [2.24, 2.45) is 0 Å². The Hall–Kier alpha value is -2.58. The van der Waals surface area contributed by atoms with Crippen molar-refractivity contribution in [1.29, 1.82) is 0 Å². The Morgan fingerprint density at radius 3 is 2.46 bits per heavy atom. The third kappa shape index (κ3) is 4.46. The number of alkyl halides is 3. The van der Waals surface area contributed by atoms with Crippen molar-refractivity contribution in [2.75, 3.05) is 6.54 Å². The van der Waals surface area contributed by atoms with Gasteiger partial charge in [-0.3, -0.25) is 4.79 Å². The number of hydrogen-bond acceptors (Lipinski definition) is 4. The highest BCUT2D eigenvalue weighted by molar-refractivity contribution is 5.93. The fraction of sp³-hybridized carbons (Fsp3) is 0.400. The molecule has 24 heavy (non-hydrogen) atoms. The van der Waals surface area contributed by atoms with Crippen LogP contribution in [0.25, 0.3) is 5.69 Å². The summed E-state index contributed by atoms with van der Waals surface area (Å²) in [6.45, 7) is 3.95. The van der Waals surface area contributed by atoms with Gasteiger partial charge in [0.2, 0.25) is 0 Å². The number of carbonyl (C=O) groups excluding carboxylic acids is 1. The van der Waals surface area contributed by atoms with Crippen LogP contribution in [0.15, 0.2) is 24.3 Å². The number of hydrogen-bond donors (Lipinski definition) is 1. The molecule has 0 radical (unpaired) electrons. The number of aromatic nitrogens is 3. The van der Waals surface area contributed by atoms with Gasteiger partial charge in [0, 0.05) is 0 Å². The van der Waals surface area contributed by atoms with E-state index in [1.165, 1.54) is 4.68 Å². The predicted octanol–water partition coefficient (Wildman–Crippen LogP) is 2.66. The quantitative estimate of drug-likeness (QED) is 0.907. The Morgan fingerprint density at radius 2 is 1.92 bits per heavy atom. The molecule has 1 heterocycles. The van der Waals surface area contributed by atoms with Crippen LogP contribution in [0.2, 0.25) is 0 Å².